The summed E-state index contributed by atoms with van der Waals surface area (Å²) < 4.78 is 2.16. The van der Waals surface area contributed by atoms with Crippen molar-refractivity contribution in [3.63, 3.8) is 0 Å². The Balaban J connectivity index is 2.90. The Bertz CT molecular complexity index is 300. The quantitative estimate of drug-likeness (QED) is 0.790. The molecule has 80 valence electrons. The van der Waals surface area contributed by atoms with E-state index in [0.717, 1.165) is 18.7 Å². The average molecular weight is 195 g/mol. The maximum absolute atomic E-state index is 5.54. The summed E-state index contributed by atoms with van der Waals surface area (Å²) in [7, 11) is 2.07. The minimum absolute atomic E-state index is 0.661. The van der Waals surface area contributed by atoms with E-state index in [1.165, 1.54) is 11.4 Å². The Kier molecular flexibility index (Phi) is 3.69. The van der Waals surface area contributed by atoms with Crippen LogP contribution in [-0.2, 0) is 19.9 Å². The van der Waals surface area contributed by atoms with Crippen molar-refractivity contribution in [1.82, 2.24) is 9.55 Å². The highest BCUT2D eigenvalue weighted by Crippen LogP contribution is 2.13. The SMILES string of the molecule is Cc1c(CC(C)C)nc(CCN)n1C. The summed E-state index contributed by atoms with van der Waals surface area (Å²) in [6.45, 7) is 7.24. The predicted octanol–water partition coefficient (Wildman–Crippen LogP) is 1.43. The van der Waals surface area contributed by atoms with E-state index < -0.39 is 0 Å². The molecule has 1 aromatic rings. The summed E-state index contributed by atoms with van der Waals surface area (Å²) >= 11 is 0. The third kappa shape index (κ3) is 2.35. The van der Waals surface area contributed by atoms with Crippen molar-refractivity contribution in [2.24, 2.45) is 18.7 Å². The fraction of sp³-hybridized carbons (Fsp3) is 0.727. The molecule has 3 nitrogen and oxygen atoms in total. The highest BCUT2D eigenvalue weighted by Gasteiger charge is 2.11. The number of hydrogen-bond acceptors (Lipinski definition) is 2. The number of hydrogen-bond donors (Lipinski definition) is 1. The molecule has 0 saturated carbocycles. The van der Waals surface area contributed by atoms with Gasteiger partial charge in [0.05, 0.1) is 5.69 Å². The molecule has 1 aromatic heterocycles. The number of rotatable bonds is 4. The van der Waals surface area contributed by atoms with Crippen molar-refractivity contribution in [2.75, 3.05) is 6.54 Å². The molecule has 3 heteroatoms. The summed E-state index contributed by atoms with van der Waals surface area (Å²) in [5.74, 6) is 1.77. The van der Waals surface area contributed by atoms with Gasteiger partial charge in [-0.25, -0.2) is 4.98 Å². The summed E-state index contributed by atoms with van der Waals surface area (Å²) in [6, 6.07) is 0. The molecule has 0 radical (unpaired) electrons. The van der Waals surface area contributed by atoms with Crippen LogP contribution in [0.25, 0.3) is 0 Å². The molecule has 0 aliphatic heterocycles. The van der Waals surface area contributed by atoms with Gasteiger partial charge in [-0.3, -0.25) is 0 Å². The Morgan fingerprint density at radius 1 is 1.43 bits per heavy atom. The molecular formula is C11H21N3. The van der Waals surface area contributed by atoms with E-state index in [4.69, 9.17) is 5.73 Å². The zero-order chi connectivity index (χ0) is 10.7. The highest BCUT2D eigenvalue weighted by molar-refractivity contribution is 5.16. The van der Waals surface area contributed by atoms with Crippen LogP contribution in [0.1, 0.15) is 31.1 Å². The maximum Gasteiger partial charge on any atom is 0.110 e. The van der Waals surface area contributed by atoms with Gasteiger partial charge in [0.25, 0.3) is 0 Å². The van der Waals surface area contributed by atoms with Crippen LogP contribution in [0.4, 0.5) is 0 Å². The third-order valence-electron chi connectivity index (χ3n) is 2.54. The minimum Gasteiger partial charge on any atom is -0.335 e. The smallest absolute Gasteiger partial charge is 0.110 e. The number of nitrogens with zero attached hydrogens (tertiary/aromatic N) is 2. The van der Waals surface area contributed by atoms with Crippen LogP contribution in [0.15, 0.2) is 0 Å². The van der Waals surface area contributed by atoms with E-state index in [0.29, 0.717) is 12.5 Å². The largest absolute Gasteiger partial charge is 0.335 e. The van der Waals surface area contributed by atoms with Crippen molar-refractivity contribution in [1.29, 1.82) is 0 Å². The van der Waals surface area contributed by atoms with Gasteiger partial charge in [0.2, 0.25) is 0 Å². The van der Waals surface area contributed by atoms with Gasteiger partial charge in [0, 0.05) is 19.2 Å². The summed E-state index contributed by atoms with van der Waals surface area (Å²) in [5.41, 5.74) is 8.04. The van der Waals surface area contributed by atoms with Crippen molar-refractivity contribution < 1.29 is 0 Å². The third-order valence-corrected chi connectivity index (χ3v) is 2.54. The summed E-state index contributed by atoms with van der Waals surface area (Å²) in [6.07, 6.45) is 1.93. The second-order valence-electron chi connectivity index (χ2n) is 4.26. The molecule has 0 aliphatic carbocycles. The van der Waals surface area contributed by atoms with Gasteiger partial charge in [-0.05, 0) is 25.8 Å². The highest BCUT2D eigenvalue weighted by atomic mass is 15.1. The van der Waals surface area contributed by atoms with Gasteiger partial charge < -0.3 is 10.3 Å². The zero-order valence-corrected chi connectivity index (χ0v) is 9.67. The molecule has 0 aromatic carbocycles. The van der Waals surface area contributed by atoms with E-state index in [1.807, 2.05) is 0 Å². The van der Waals surface area contributed by atoms with Crippen molar-refractivity contribution in [3.8, 4) is 0 Å². The Morgan fingerprint density at radius 2 is 2.07 bits per heavy atom. The van der Waals surface area contributed by atoms with Crippen molar-refractivity contribution in [2.45, 2.75) is 33.6 Å². The standard InChI is InChI=1S/C11H21N3/c1-8(2)7-10-9(3)14(4)11(13-10)5-6-12/h8H,5-7,12H2,1-4H3. The van der Waals surface area contributed by atoms with E-state index in [2.05, 4.69) is 37.4 Å². The molecule has 0 spiro atoms. The maximum atomic E-state index is 5.54. The fourth-order valence-corrected chi connectivity index (χ4v) is 1.63. The first kappa shape index (κ1) is 11.2. The van der Waals surface area contributed by atoms with Crippen molar-refractivity contribution >= 4 is 0 Å². The van der Waals surface area contributed by atoms with Gasteiger partial charge in [0.15, 0.2) is 0 Å². The monoisotopic (exact) mass is 195 g/mol. The molecule has 0 amide bonds. The second kappa shape index (κ2) is 4.60. The first-order valence-electron chi connectivity index (χ1n) is 5.27. The molecule has 0 bridgehead atoms. The zero-order valence-electron chi connectivity index (χ0n) is 9.67. The van der Waals surface area contributed by atoms with Gasteiger partial charge in [-0.1, -0.05) is 13.8 Å². The molecule has 14 heavy (non-hydrogen) atoms. The van der Waals surface area contributed by atoms with Crippen LogP contribution >= 0.6 is 0 Å². The summed E-state index contributed by atoms with van der Waals surface area (Å²) in [4.78, 5) is 4.62. The lowest BCUT2D eigenvalue weighted by atomic mass is 10.1. The molecule has 0 unspecified atom stereocenters. The van der Waals surface area contributed by atoms with Crippen LogP contribution in [0.3, 0.4) is 0 Å². The van der Waals surface area contributed by atoms with Gasteiger partial charge >= 0.3 is 0 Å². The van der Waals surface area contributed by atoms with E-state index >= 15 is 0 Å². The van der Waals surface area contributed by atoms with E-state index in [9.17, 15) is 0 Å². The van der Waals surface area contributed by atoms with E-state index in [-0.39, 0.29) is 0 Å². The van der Waals surface area contributed by atoms with Crippen LogP contribution in [0.5, 0.6) is 0 Å². The Labute approximate surface area is 86.3 Å². The Hall–Kier alpha value is -0.830. The number of aromatic nitrogens is 2. The first-order valence-corrected chi connectivity index (χ1v) is 5.27. The minimum atomic E-state index is 0.661. The van der Waals surface area contributed by atoms with Crippen LogP contribution < -0.4 is 5.73 Å². The molecule has 0 aliphatic rings. The van der Waals surface area contributed by atoms with Crippen molar-refractivity contribution in [3.05, 3.63) is 17.2 Å². The van der Waals surface area contributed by atoms with Crippen LogP contribution in [0.2, 0.25) is 0 Å². The van der Waals surface area contributed by atoms with E-state index in [1.54, 1.807) is 0 Å². The predicted molar refractivity (Wildman–Crippen MR) is 59.2 cm³/mol. The molecule has 2 N–H and O–H groups in total. The molecule has 0 saturated heterocycles. The molecular weight excluding hydrogens is 174 g/mol. The van der Waals surface area contributed by atoms with Crippen LogP contribution in [-0.4, -0.2) is 16.1 Å². The van der Waals surface area contributed by atoms with Crippen LogP contribution in [0, 0.1) is 12.8 Å². The molecule has 0 atom stereocenters. The Morgan fingerprint density at radius 3 is 2.57 bits per heavy atom. The summed E-state index contributed by atoms with van der Waals surface area (Å²) in [5, 5.41) is 0. The fourth-order valence-electron chi connectivity index (χ4n) is 1.63. The first-order chi connectivity index (χ1) is 6.56. The van der Waals surface area contributed by atoms with Gasteiger partial charge in [0.1, 0.15) is 5.82 Å². The normalized spacial score (nSPS) is 11.3. The average Bonchev–Trinajstić information content (AvgIpc) is 2.34. The number of imidazole rings is 1. The molecule has 1 heterocycles. The van der Waals surface area contributed by atoms with Gasteiger partial charge in [-0.15, -0.1) is 0 Å². The topological polar surface area (TPSA) is 43.8 Å². The lowest BCUT2D eigenvalue weighted by molar-refractivity contribution is 0.633. The number of nitrogens with two attached hydrogens (primary N) is 1. The van der Waals surface area contributed by atoms with Gasteiger partial charge in [-0.2, -0.15) is 0 Å². The molecule has 0 fully saturated rings. The molecule has 1 rings (SSSR count). The lowest BCUT2D eigenvalue weighted by Crippen LogP contribution is -2.08. The second-order valence-corrected chi connectivity index (χ2v) is 4.26. The lowest BCUT2D eigenvalue weighted by Gasteiger charge is -2.02.